The molecule has 3 aromatic rings. The van der Waals surface area contributed by atoms with Crippen molar-refractivity contribution in [1.82, 2.24) is 14.8 Å². The zero-order valence-electron chi connectivity index (χ0n) is 19.0. The Morgan fingerprint density at radius 1 is 1.06 bits per heavy atom. The maximum absolute atomic E-state index is 13.0. The van der Waals surface area contributed by atoms with Crippen molar-refractivity contribution >= 4 is 28.3 Å². The van der Waals surface area contributed by atoms with Gasteiger partial charge in [-0.25, -0.2) is 4.98 Å². The Morgan fingerprint density at radius 2 is 1.81 bits per heavy atom. The number of carbonyl (C=O) groups excluding carboxylic acids is 1. The molecule has 0 saturated carbocycles. The molecule has 0 atom stereocenters. The van der Waals surface area contributed by atoms with Gasteiger partial charge >= 0.3 is 0 Å². The standard InChI is InChI=1S/C26H30N4O2/c1-28-13-11-21(12-14-28)29(2)26(31)18-4-7-22(8-5-18)30-15-10-20-16-19-6-9-23(32-3)17-24(19)27-25(20)30/h4-9,16-17,21H,10-15H2,1-3H3. The van der Waals surface area contributed by atoms with Gasteiger partial charge in [-0.2, -0.15) is 0 Å². The zero-order valence-corrected chi connectivity index (χ0v) is 19.0. The van der Waals surface area contributed by atoms with Crippen LogP contribution >= 0.6 is 0 Å². The number of fused-ring (bicyclic) bond motifs is 2. The van der Waals surface area contributed by atoms with E-state index in [9.17, 15) is 4.79 Å². The van der Waals surface area contributed by atoms with Crippen LogP contribution in [0.3, 0.4) is 0 Å². The van der Waals surface area contributed by atoms with Crippen molar-refractivity contribution in [3.8, 4) is 5.75 Å². The molecule has 32 heavy (non-hydrogen) atoms. The number of methoxy groups -OCH3 is 1. The third-order valence-corrected chi connectivity index (χ3v) is 6.92. The van der Waals surface area contributed by atoms with E-state index in [1.54, 1.807) is 7.11 Å². The SMILES string of the molecule is COc1ccc2cc3c(nc2c1)N(c1ccc(C(=O)N(C)C2CCN(C)CC2)cc1)CC3. The lowest BCUT2D eigenvalue weighted by molar-refractivity contribution is 0.0659. The molecule has 0 radical (unpaired) electrons. The molecule has 1 aromatic heterocycles. The fourth-order valence-electron chi connectivity index (χ4n) is 4.85. The quantitative estimate of drug-likeness (QED) is 0.624. The van der Waals surface area contributed by atoms with Gasteiger partial charge in [-0.1, -0.05) is 0 Å². The van der Waals surface area contributed by atoms with E-state index < -0.39 is 0 Å². The van der Waals surface area contributed by atoms with E-state index in [-0.39, 0.29) is 5.91 Å². The molecule has 0 unspecified atom stereocenters. The minimum Gasteiger partial charge on any atom is -0.497 e. The van der Waals surface area contributed by atoms with Crippen molar-refractivity contribution in [2.24, 2.45) is 0 Å². The third kappa shape index (κ3) is 3.79. The van der Waals surface area contributed by atoms with E-state index >= 15 is 0 Å². The maximum atomic E-state index is 13.0. The van der Waals surface area contributed by atoms with Gasteiger partial charge in [-0.15, -0.1) is 0 Å². The number of ether oxygens (including phenoxy) is 1. The lowest BCUT2D eigenvalue weighted by atomic mass is 10.0. The van der Waals surface area contributed by atoms with Gasteiger partial charge in [-0.05, 0) is 87.4 Å². The van der Waals surface area contributed by atoms with Gasteiger partial charge in [0.25, 0.3) is 5.91 Å². The Kier molecular flexibility index (Phi) is 5.47. The van der Waals surface area contributed by atoms with Gasteiger partial charge < -0.3 is 19.4 Å². The van der Waals surface area contributed by atoms with Gasteiger partial charge in [0.05, 0.1) is 12.6 Å². The Bertz CT molecular complexity index is 1140. The van der Waals surface area contributed by atoms with Crippen molar-refractivity contribution in [3.63, 3.8) is 0 Å². The average Bonchev–Trinajstić information content (AvgIpc) is 3.24. The average molecular weight is 431 g/mol. The van der Waals surface area contributed by atoms with Crippen LogP contribution in [-0.4, -0.2) is 67.6 Å². The molecule has 2 aliphatic rings. The van der Waals surface area contributed by atoms with Crippen molar-refractivity contribution in [2.45, 2.75) is 25.3 Å². The number of benzene rings is 2. The molecule has 166 valence electrons. The van der Waals surface area contributed by atoms with Gasteiger partial charge in [0.2, 0.25) is 0 Å². The minimum atomic E-state index is 0.101. The number of piperidine rings is 1. The van der Waals surface area contributed by atoms with Gasteiger partial charge in [0.1, 0.15) is 11.6 Å². The Morgan fingerprint density at radius 3 is 2.53 bits per heavy atom. The van der Waals surface area contributed by atoms with Crippen LogP contribution in [0.4, 0.5) is 11.5 Å². The molecule has 0 bridgehead atoms. The van der Waals surface area contributed by atoms with Crippen molar-refractivity contribution in [1.29, 1.82) is 0 Å². The van der Waals surface area contributed by atoms with Crippen LogP contribution in [0.2, 0.25) is 0 Å². The normalized spacial score (nSPS) is 16.9. The highest BCUT2D eigenvalue weighted by Gasteiger charge is 2.26. The lowest BCUT2D eigenvalue weighted by Gasteiger charge is -2.35. The molecule has 6 nitrogen and oxygen atoms in total. The number of anilines is 2. The van der Waals surface area contributed by atoms with Crippen LogP contribution in [0.15, 0.2) is 48.5 Å². The summed E-state index contributed by atoms with van der Waals surface area (Å²) in [5.74, 6) is 1.91. The molecule has 3 heterocycles. The van der Waals surface area contributed by atoms with Crippen LogP contribution in [0, 0.1) is 0 Å². The van der Waals surface area contributed by atoms with Crippen LogP contribution in [0.25, 0.3) is 10.9 Å². The van der Waals surface area contributed by atoms with Crippen molar-refractivity contribution in [3.05, 3.63) is 59.7 Å². The predicted molar refractivity (Wildman–Crippen MR) is 128 cm³/mol. The van der Waals surface area contributed by atoms with Crippen LogP contribution in [-0.2, 0) is 6.42 Å². The van der Waals surface area contributed by atoms with E-state index in [1.807, 2.05) is 48.3 Å². The number of amides is 1. The molecule has 1 amide bonds. The van der Waals surface area contributed by atoms with Gasteiger partial charge in [0, 0.05) is 42.3 Å². The molecule has 0 N–H and O–H groups in total. The van der Waals surface area contributed by atoms with Gasteiger partial charge in [0.15, 0.2) is 0 Å². The summed E-state index contributed by atoms with van der Waals surface area (Å²) in [5.41, 5.74) is 3.99. The smallest absolute Gasteiger partial charge is 0.253 e. The number of rotatable bonds is 4. The molecule has 1 fully saturated rings. The van der Waals surface area contributed by atoms with E-state index in [4.69, 9.17) is 9.72 Å². The first kappa shape index (κ1) is 20.8. The molecular weight excluding hydrogens is 400 g/mol. The van der Waals surface area contributed by atoms with Gasteiger partial charge in [-0.3, -0.25) is 4.79 Å². The summed E-state index contributed by atoms with van der Waals surface area (Å²) in [6.45, 7) is 2.98. The van der Waals surface area contributed by atoms with Crippen molar-refractivity contribution in [2.75, 3.05) is 45.7 Å². The summed E-state index contributed by atoms with van der Waals surface area (Å²) in [7, 11) is 5.75. The first-order chi connectivity index (χ1) is 15.5. The first-order valence-electron chi connectivity index (χ1n) is 11.3. The second-order valence-corrected chi connectivity index (χ2v) is 8.93. The number of likely N-dealkylation sites (tertiary alicyclic amines) is 1. The number of carbonyl (C=O) groups is 1. The summed E-state index contributed by atoms with van der Waals surface area (Å²) in [6.07, 6.45) is 3.03. The topological polar surface area (TPSA) is 48.9 Å². The highest BCUT2D eigenvalue weighted by molar-refractivity contribution is 5.95. The molecule has 0 spiro atoms. The molecular formula is C26H30N4O2. The number of pyridine rings is 1. The molecule has 6 heteroatoms. The third-order valence-electron chi connectivity index (χ3n) is 6.92. The van der Waals surface area contributed by atoms with Crippen molar-refractivity contribution < 1.29 is 9.53 Å². The summed E-state index contributed by atoms with van der Waals surface area (Å²) in [4.78, 5) is 24.5. The molecule has 2 aromatic carbocycles. The maximum Gasteiger partial charge on any atom is 0.253 e. The summed E-state index contributed by atoms with van der Waals surface area (Å²) >= 11 is 0. The van der Waals surface area contributed by atoms with E-state index in [2.05, 4.69) is 29.0 Å². The minimum absolute atomic E-state index is 0.101. The Labute approximate surface area is 189 Å². The highest BCUT2D eigenvalue weighted by atomic mass is 16.5. The van der Waals surface area contributed by atoms with E-state index in [0.717, 1.165) is 72.6 Å². The highest BCUT2D eigenvalue weighted by Crippen LogP contribution is 2.35. The number of aromatic nitrogens is 1. The zero-order chi connectivity index (χ0) is 22.2. The summed E-state index contributed by atoms with van der Waals surface area (Å²) in [6, 6.07) is 16.5. The lowest BCUT2D eigenvalue weighted by Crippen LogP contribution is -2.44. The van der Waals surface area contributed by atoms with E-state index in [0.29, 0.717) is 6.04 Å². The van der Waals surface area contributed by atoms with Crippen LogP contribution < -0.4 is 9.64 Å². The Balaban J connectivity index is 1.36. The van der Waals surface area contributed by atoms with E-state index in [1.165, 1.54) is 5.56 Å². The number of nitrogens with zero attached hydrogens (tertiary/aromatic N) is 4. The van der Waals surface area contributed by atoms with Crippen LogP contribution in [0.5, 0.6) is 5.75 Å². The molecule has 1 saturated heterocycles. The number of hydrogen-bond donors (Lipinski definition) is 0. The molecule has 5 rings (SSSR count). The molecule has 2 aliphatic heterocycles. The molecule has 0 aliphatic carbocycles. The predicted octanol–water partition coefficient (Wildman–Crippen LogP) is 4.10. The fourth-order valence-corrected chi connectivity index (χ4v) is 4.85. The number of hydrogen-bond acceptors (Lipinski definition) is 5. The summed E-state index contributed by atoms with van der Waals surface area (Å²) < 4.78 is 5.37. The van der Waals surface area contributed by atoms with Crippen LogP contribution in [0.1, 0.15) is 28.8 Å². The fraction of sp³-hybridized carbons (Fsp3) is 0.385. The Hall–Kier alpha value is -3.12. The summed E-state index contributed by atoms with van der Waals surface area (Å²) in [5, 5.41) is 1.13. The second-order valence-electron chi connectivity index (χ2n) is 8.93. The largest absolute Gasteiger partial charge is 0.497 e. The first-order valence-corrected chi connectivity index (χ1v) is 11.3. The monoisotopic (exact) mass is 430 g/mol. The second kappa shape index (κ2) is 8.43.